The first-order chi connectivity index (χ1) is 13.8. The summed E-state index contributed by atoms with van der Waals surface area (Å²) in [4.78, 5) is 27.9. The van der Waals surface area contributed by atoms with Crippen LogP contribution in [0, 0.1) is 0 Å². The topological polar surface area (TPSA) is 140 Å². The number of hydrogen-bond acceptors (Lipinski definition) is 8. The van der Waals surface area contributed by atoms with Crippen LogP contribution in [0.3, 0.4) is 0 Å². The second-order valence-electron chi connectivity index (χ2n) is 6.88. The number of azide groups is 1. The van der Waals surface area contributed by atoms with E-state index in [1.54, 1.807) is 30.3 Å². The molecule has 1 aromatic rings. The van der Waals surface area contributed by atoms with Crippen molar-refractivity contribution in [1.29, 1.82) is 0 Å². The van der Waals surface area contributed by atoms with Gasteiger partial charge in [-0.3, -0.25) is 23.5 Å². The number of ether oxygens (including phenoxy) is 1. The van der Waals surface area contributed by atoms with Gasteiger partial charge in [0, 0.05) is 11.1 Å². The minimum Gasteiger partial charge on any atom is -0.404 e. The number of carbonyl (C=O) groups is 2. The van der Waals surface area contributed by atoms with Gasteiger partial charge in [-0.1, -0.05) is 23.3 Å². The Morgan fingerprint density at radius 2 is 2.10 bits per heavy atom. The molecule has 1 aromatic carbocycles. The summed E-state index contributed by atoms with van der Waals surface area (Å²) < 4.78 is 35.3. The van der Waals surface area contributed by atoms with E-state index in [9.17, 15) is 14.2 Å². The normalized spacial score (nSPS) is 36.4. The van der Waals surface area contributed by atoms with Crippen molar-refractivity contribution in [1.82, 2.24) is 4.90 Å². The molecule has 2 fully saturated rings. The van der Waals surface area contributed by atoms with Gasteiger partial charge in [-0.2, -0.15) is 0 Å². The zero-order chi connectivity index (χ0) is 20.6. The largest absolute Gasteiger partial charge is 0.530 e. The minimum absolute atomic E-state index is 0.160. The molecule has 152 valence electrons. The number of fused-ring (bicyclic) bond motifs is 1. The van der Waals surface area contributed by atoms with Crippen molar-refractivity contribution in [2.75, 3.05) is 6.61 Å². The van der Waals surface area contributed by atoms with Gasteiger partial charge in [0.25, 0.3) is 0 Å². The van der Waals surface area contributed by atoms with Crippen LogP contribution in [-0.4, -0.2) is 47.2 Å². The summed E-state index contributed by atoms with van der Waals surface area (Å²) in [7, 11) is -4.04. The van der Waals surface area contributed by atoms with Crippen molar-refractivity contribution in [2.24, 2.45) is 5.11 Å². The first-order valence-corrected chi connectivity index (χ1v) is 10.2. The monoisotopic (exact) mass is 420 g/mol. The van der Waals surface area contributed by atoms with E-state index in [1.807, 2.05) is 0 Å². The smallest absolute Gasteiger partial charge is 0.404 e. The van der Waals surface area contributed by atoms with Gasteiger partial charge in [0.1, 0.15) is 23.5 Å². The van der Waals surface area contributed by atoms with E-state index >= 15 is 0 Å². The fourth-order valence-corrected chi connectivity index (χ4v) is 4.98. The van der Waals surface area contributed by atoms with E-state index in [0.717, 1.165) is 0 Å². The molecular weight excluding hydrogens is 403 g/mol. The molecule has 0 aromatic heterocycles. The van der Waals surface area contributed by atoms with Crippen molar-refractivity contribution in [3.8, 4) is 5.75 Å². The highest BCUT2D eigenvalue weighted by Crippen LogP contribution is 2.58. The lowest BCUT2D eigenvalue weighted by Crippen LogP contribution is -2.53. The van der Waals surface area contributed by atoms with Crippen molar-refractivity contribution in [3.63, 3.8) is 0 Å². The maximum atomic E-state index is 13.0. The predicted molar refractivity (Wildman–Crippen MR) is 97.3 cm³/mol. The molecule has 11 nitrogen and oxygen atoms in total. The third-order valence-corrected chi connectivity index (χ3v) is 6.25. The number of allylic oxidation sites excluding steroid dienone is 1. The molecule has 0 spiro atoms. The third-order valence-electron chi connectivity index (χ3n) is 4.86. The van der Waals surface area contributed by atoms with Crippen LogP contribution in [0.5, 0.6) is 5.75 Å². The van der Waals surface area contributed by atoms with E-state index in [4.69, 9.17) is 23.8 Å². The Labute approximate surface area is 165 Å². The zero-order valence-corrected chi connectivity index (χ0v) is 16.2. The molecule has 12 heteroatoms. The van der Waals surface area contributed by atoms with Gasteiger partial charge in [-0.25, -0.2) is 4.57 Å². The van der Waals surface area contributed by atoms with Crippen LogP contribution in [0.4, 0.5) is 0 Å². The Bertz CT molecular complexity index is 964. The number of hydrogen-bond donors (Lipinski definition) is 0. The Balaban J connectivity index is 1.63. The molecule has 0 radical (unpaired) electrons. The average molecular weight is 420 g/mol. The van der Waals surface area contributed by atoms with Crippen LogP contribution >= 0.6 is 7.82 Å². The number of carbonyl (C=O) groups excluding carboxylic acids is 2. The summed E-state index contributed by atoms with van der Waals surface area (Å²) in [5.41, 5.74) is 7.67. The fraction of sp³-hybridized carbons (Fsp3) is 0.412. The molecule has 1 unspecified atom stereocenters. The first kappa shape index (κ1) is 19.6. The molecule has 5 atom stereocenters. The maximum Gasteiger partial charge on any atom is 0.530 e. The molecule has 1 amide bonds. The number of amides is 1. The summed E-state index contributed by atoms with van der Waals surface area (Å²) in [5, 5.41) is 3.81. The van der Waals surface area contributed by atoms with E-state index in [1.165, 1.54) is 24.1 Å². The summed E-state index contributed by atoms with van der Waals surface area (Å²) in [6.45, 7) is 1.37. The maximum absolute atomic E-state index is 13.0. The van der Waals surface area contributed by atoms with Gasteiger partial charge in [-0.15, -0.1) is 0 Å². The Morgan fingerprint density at radius 3 is 2.79 bits per heavy atom. The SMILES string of the molecule is C[C@@]1(N=[N+]=[N-])[C@@H]2OP(=O)(Oc3ccccc3)OC[C@H]2O[C@H]1N1C=CC(=O)CC1=O. The van der Waals surface area contributed by atoms with Gasteiger partial charge in [0.15, 0.2) is 12.0 Å². The lowest BCUT2D eigenvalue weighted by Gasteiger charge is -2.37. The highest BCUT2D eigenvalue weighted by molar-refractivity contribution is 7.49. The molecule has 0 aliphatic carbocycles. The van der Waals surface area contributed by atoms with Crippen LogP contribution in [0.1, 0.15) is 13.3 Å². The number of rotatable bonds is 4. The minimum atomic E-state index is -4.04. The van der Waals surface area contributed by atoms with Crippen molar-refractivity contribution >= 4 is 19.5 Å². The number of nitrogens with zero attached hydrogens (tertiary/aromatic N) is 4. The zero-order valence-electron chi connectivity index (χ0n) is 15.3. The Hall–Kier alpha value is -2.68. The molecule has 3 aliphatic heterocycles. The standard InChI is InChI=1S/C17H17N4O7P/c1-17(19-20-18)15-13(26-16(17)21-8-7-11(22)9-14(21)23)10-25-29(24,28-15)27-12-5-3-2-4-6-12/h2-8,13,15-16H,9-10H2,1H3/t13-,15-,16-,17-,29?/m1/s1. The van der Waals surface area contributed by atoms with Crippen LogP contribution in [0.15, 0.2) is 47.7 Å². The Kier molecular flexibility index (Phi) is 4.94. The van der Waals surface area contributed by atoms with Crippen molar-refractivity contribution < 1.29 is 32.5 Å². The van der Waals surface area contributed by atoms with Crippen LogP contribution in [0.2, 0.25) is 0 Å². The average Bonchev–Trinajstić information content (AvgIpc) is 2.94. The van der Waals surface area contributed by atoms with Gasteiger partial charge in [-0.05, 0) is 30.7 Å². The van der Waals surface area contributed by atoms with Crippen LogP contribution < -0.4 is 4.52 Å². The second-order valence-corrected chi connectivity index (χ2v) is 8.42. The van der Waals surface area contributed by atoms with Gasteiger partial charge >= 0.3 is 7.82 Å². The van der Waals surface area contributed by atoms with Gasteiger partial charge in [0.2, 0.25) is 5.91 Å². The van der Waals surface area contributed by atoms with Crippen molar-refractivity contribution in [2.45, 2.75) is 37.3 Å². The van der Waals surface area contributed by atoms with Crippen molar-refractivity contribution in [3.05, 3.63) is 53.1 Å². The summed E-state index contributed by atoms with van der Waals surface area (Å²) in [6.07, 6.45) is -0.657. The summed E-state index contributed by atoms with van der Waals surface area (Å²) in [6, 6.07) is 8.34. The first-order valence-electron chi connectivity index (χ1n) is 8.76. The molecule has 3 heterocycles. The van der Waals surface area contributed by atoms with E-state index in [-0.39, 0.29) is 24.6 Å². The van der Waals surface area contributed by atoms with Gasteiger partial charge in [0.05, 0.1) is 13.0 Å². The molecule has 0 N–H and O–H groups in total. The number of ketones is 1. The lowest BCUT2D eigenvalue weighted by molar-refractivity contribution is -0.146. The number of phosphoric ester groups is 1. The summed E-state index contributed by atoms with van der Waals surface area (Å²) >= 11 is 0. The fourth-order valence-electron chi connectivity index (χ4n) is 3.49. The molecule has 29 heavy (non-hydrogen) atoms. The molecule has 2 saturated heterocycles. The highest BCUT2D eigenvalue weighted by atomic mass is 31.2. The van der Waals surface area contributed by atoms with Gasteiger partial charge < -0.3 is 9.26 Å². The molecule has 3 aliphatic rings. The van der Waals surface area contributed by atoms with E-state index < -0.39 is 37.7 Å². The Morgan fingerprint density at radius 1 is 1.34 bits per heavy atom. The van der Waals surface area contributed by atoms with Crippen LogP contribution in [-0.2, 0) is 27.9 Å². The second kappa shape index (κ2) is 7.29. The number of phosphoric acid groups is 1. The third kappa shape index (κ3) is 3.55. The lowest BCUT2D eigenvalue weighted by atomic mass is 9.92. The van der Waals surface area contributed by atoms with Crippen LogP contribution in [0.25, 0.3) is 10.4 Å². The molecule has 0 saturated carbocycles. The quantitative estimate of drug-likeness (QED) is 0.240. The molecule has 0 bridgehead atoms. The molecule has 4 rings (SSSR count). The highest BCUT2D eigenvalue weighted by Gasteiger charge is 2.62. The summed E-state index contributed by atoms with van der Waals surface area (Å²) in [5.74, 6) is -0.569. The number of para-hydroxylation sites is 1. The predicted octanol–water partition coefficient (Wildman–Crippen LogP) is 2.70. The number of benzene rings is 1. The molecular formula is C17H17N4O7P. The van der Waals surface area contributed by atoms with E-state index in [0.29, 0.717) is 0 Å². The van der Waals surface area contributed by atoms with E-state index in [2.05, 4.69) is 10.0 Å².